The first-order valence-corrected chi connectivity index (χ1v) is 8.72. The van der Waals surface area contributed by atoms with Crippen molar-refractivity contribution in [3.8, 4) is 0 Å². The molecule has 0 atom stereocenters. The van der Waals surface area contributed by atoms with E-state index in [1.807, 2.05) is 72.5 Å². The lowest BCUT2D eigenvalue weighted by molar-refractivity contribution is -0.385. The lowest BCUT2D eigenvalue weighted by Gasteiger charge is -2.23. The first-order chi connectivity index (χ1) is 13.1. The van der Waals surface area contributed by atoms with Gasteiger partial charge in [-0.1, -0.05) is 67.6 Å². The number of aromatic nitrogens is 2. The molecule has 0 fully saturated rings. The van der Waals surface area contributed by atoms with Crippen molar-refractivity contribution in [3.63, 3.8) is 0 Å². The predicted octanol–water partition coefficient (Wildman–Crippen LogP) is 3.74. The molecular formula is C20H21N5O2. The Labute approximate surface area is 157 Å². The number of anilines is 2. The van der Waals surface area contributed by atoms with Crippen LogP contribution in [0.15, 0.2) is 60.7 Å². The average Bonchev–Trinajstić information content (AvgIpc) is 2.68. The zero-order chi connectivity index (χ0) is 19.2. The lowest BCUT2D eigenvalue weighted by Crippen LogP contribution is -2.25. The lowest BCUT2D eigenvalue weighted by atomic mass is 10.1. The van der Waals surface area contributed by atoms with Crippen LogP contribution < -0.4 is 10.6 Å². The molecule has 0 spiro atoms. The van der Waals surface area contributed by atoms with Crippen LogP contribution in [0.1, 0.15) is 23.7 Å². The molecule has 1 aromatic heterocycles. The third-order valence-electron chi connectivity index (χ3n) is 4.20. The van der Waals surface area contributed by atoms with Gasteiger partial charge in [-0.3, -0.25) is 10.1 Å². The van der Waals surface area contributed by atoms with Crippen LogP contribution in [0.4, 0.5) is 17.5 Å². The number of nitrogen functional groups attached to an aromatic ring is 1. The van der Waals surface area contributed by atoms with Crippen LogP contribution >= 0.6 is 0 Å². The van der Waals surface area contributed by atoms with Gasteiger partial charge in [-0.15, -0.1) is 0 Å². The van der Waals surface area contributed by atoms with E-state index in [2.05, 4.69) is 9.97 Å². The first kappa shape index (κ1) is 18.3. The van der Waals surface area contributed by atoms with Crippen molar-refractivity contribution in [1.82, 2.24) is 9.97 Å². The van der Waals surface area contributed by atoms with Crippen molar-refractivity contribution >= 4 is 17.5 Å². The fourth-order valence-corrected chi connectivity index (χ4v) is 2.90. The van der Waals surface area contributed by atoms with Gasteiger partial charge < -0.3 is 10.6 Å². The monoisotopic (exact) mass is 363 g/mol. The normalized spacial score (nSPS) is 10.6. The highest BCUT2D eigenvalue weighted by atomic mass is 16.6. The Hall–Kier alpha value is -3.48. The van der Waals surface area contributed by atoms with Gasteiger partial charge in [0.25, 0.3) is 0 Å². The molecule has 3 rings (SSSR count). The van der Waals surface area contributed by atoms with E-state index in [4.69, 9.17) is 5.73 Å². The molecule has 27 heavy (non-hydrogen) atoms. The van der Waals surface area contributed by atoms with Crippen LogP contribution in [0.2, 0.25) is 0 Å². The van der Waals surface area contributed by atoms with Crippen LogP contribution in [-0.2, 0) is 19.5 Å². The highest BCUT2D eigenvalue weighted by Crippen LogP contribution is 2.27. The summed E-state index contributed by atoms with van der Waals surface area (Å²) in [6.07, 6.45) is 0.403. The van der Waals surface area contributed by atoms with Gasteiger partial charge in [0.05, 0.1) is 4.92 Å². The van der Waals surface area contributed by atoms with Gasteiger partial charge in [0.15, 0.2) is 0 Å². The Kier molecular flexibility index (Phi) is 5.61. The van der Waals surface area contributed by atoms with Crippen LogP contribution in [0.5, 0.6) is 0 Å². The largest absolute Gasteiger partial charge is 0.378 e. The maximum absolute atomic E-state index is 11.3. The summed E-state index contributed by atoms with van der Waals surface area (Å²) in [5, 5.41) is 11.3. The predicted molar refractivity (Wildman–Crippen MR) is 105 cm³/mol. The minimum atomic E-state index is -0.517. The molecule has 7 nitrogen and oxygen atoms in total. The van der Waals surface area contributed by atoms with Crippen molar-refractivity contribution in [2.45, 2.75) is 26.4 Å². The average molecular weight is 363 g/mol. The van der Waals surface area contributed by atoms with Crippen LogP contribution in [0, 0.1) is 10.1 Å². The summed E-state index contributed by atoms with van der Waals surface area (Å²) in [5.74, 6) is 0.288. The molecule has 0 amide bonds. The zero-order valence-electron chi connectivity index (χ0n) is 15.1. The van der Waals surface area contributed by atoms with Gasteiger partial charge in [0.2, 0.25) is 11.8 Å². The van der Waals surface area contributed by atoms with Crippen LogP contribution in [-0.4, -0.2) is 14.9 Å². The van der Waals surface area contributed by atoms with Gasteiger partial charge in [-0.2, -0.15) is 4.98 Å². The quantitative estimate of drug-likeness (QED) is 0.507. The second-order valence-corrected chi connectivity index (χ2v) is 6.14. The number of aryl methyl sites for hydroxylation is 1. The zero-order valence-corrected chi connectivity index (χ0v) is 15.1. The molecule has 2 N–H and O–H groups in total. The van der Waals surface area contributed by atoms with Crippen molar-refractivity contribution < 1.29 is 4.92 Å². The molecular weight excluding hydrogens is 342 g/mol. The van der Waals surface area contributed by atoms with Gasteiger partial charge >= 0.3 is 5.69 Å². The minimum absolute atomic E-state index is 0.104. The second-order valence-electron chi connectivity index (χ2n) is 6.14. The van der Waals surface area contributed by atoms with Crippen LogP contribution in [0.25, 0.3) is 0 Å². The number of nitrogens with zero attached hydrogens (tertiary/aromatic N) is 4. The Bertz CT molecular complexity index is 875. The fourth-order valence-electron chi connectivity index (χ4n) is 2.90. The van der Waals surface area contributed by atoms with Crippen LogP contribution in [0.3, 0.4) is 0 Å². The van der Waals surface area contributed by atoms with Gasteiger partial charge in [-0.05, 0) is 17.5 Å². The SMILES string of the molecule is CCc1nc(N(Cc2ccccc2)Cc2ccccc2)nc(N)c1[N+](=O)[O-]. The minimum Gasteiger partial charge on any atom is -0.378 e. The summed E-state index contributed by atoms with van der Waals surface area (Å²) < 4.78 is 0. The van der Waals surface area contributed by atoms with E-state index in [9.17, 15) is 10.1 Å². The Morgan fingerprint density at radius 3 is 1.93 bits per heavy atom. The molecule has 0 bridgehead atoms. The Morgan fingerprint density at radius 2 is 1.48 bits per heavy atom. The molecule has 0 saturated carbocycles. The summed E-state index contributed by atoms with van der Waals surface area (Å²) in [6, 6.07) is 19.9. The molecule has 0 aliphatic carbocycles. The number of nitro groups is 1. The summed E-state index contributed by atoms with van der Waals surface area (Å²) in [4.78, 5) is 21.5. The molecule has 2 aromatic carbocycles. The van der Waals surface area contributed by atoms with E-state index < -0.39 is 4.92 Å². The molecule has 0 aliphatic rings. The maximum Gasteiger partial charge on any atom is 0.332 e. The number of nitrogens with two attached hydrogens (primary N) is 1. The van der Waals surface area contributed by atoms with Crippen molar-refractivity contribution in [2.75, 3.05) is 10.6 Å². The van der Waals surface area contributed by atoms with E-state index in [-0.39, 0.29) is 11.5 Å². The Balaban J connectivity index is 2.01. The van der Waals surface area contributed by atoms with E-state index >= 15 is 0 Å². The van der Waals surface area contributed by atoms with Gasteiger partial charge in [0, 0.05) is 13.1 Å². The molecule has 0 saturated heterocycles. The second kappa shape index (κ2) is 8.27. The first-order valence-electron chi connectivity index (χ1n) is 8.72. The van der Waals surface area contributed by atoms with E-state index in [0.29, 0.717) is 31.2 Å². The molecule has 0 aliphatic heterocycles. The highest BCUT2D eigenvalue weighted by molar-refractivity contribution is 5.58. The van der Waals surface area contributed by atoms with Crippen molar-refractivity contribution in [3.05, 3.63) is 87.6 Å². The topological polar surface area (TPSA) is 98.2 Å². The summed E-state index contributed by atoms with van der Waals surface area (Å²) >= 11 is 0. The standard InChI is InChI=1S/C20H21N5O2/c1-2-17-18(25(26)27)19(21)23-20(22-17)24(13-15-9-5-3-6-10-15)14-16-11-7-4-8-12-16/h3-12H,2,13-14H2,1H3,(H2,21,22,23). The van der Waals surface area contributed by atoms with Crippen molar-refractivity contribution in [2.24, 2.45) is 0 Å². The third kappa shape index (κ3) is 4.38. The summed E-state index contributed by atoms with van der Waals surface area (Å²) in [5.41, 5.74) is 8.22. The third-order valence-corrected chi connectivity index (χ3v) is 4.20. The van der Waals surface area contributed by atoms with E-state index in [1.54, 1.807) is 0 Å². The molecule has 3 aromatic rings. The van der Waals surface area contributed by atoms with Crippen molar-refractivity contribution in [1.29, 1.82) is 0 Å². The molecule has 1 heterocycles. The summed E-state index contributed by atoms with van der Waals surface area (Å²) in [7, 11) is 0. The van der Waals surface area contributed by atoms with Gasteiger partial charge in [0.1, 0.15) is 5.69 Å². The molecule has 7 heteroatoms. The van der Waals surface area contributed by atoms with E-state index in [1.165, 1.54) is 0 Å². The number of hydrogen-bond acceptors (Lipinski definition) is 6. The van der Waals surface area contributed by atoms with Gasteiger partial charge in [-0.25, -0.2) is 4.98 Å². The number of benzene rings is 2. The smallest absolute Gasteiger partial charge is 0.332 e. The molecule has 0 unspecified atom stereocenters. The number of hydrogen-bond donors (Lipinski definition) is 1. The summed E-state index contributed by atoms with van der Waals surface area (Å²) in [6.45, 7) is 2.95. The molecule has 0 radical (unpaired) electrons. The fraction of sp³-hybridized carbons (Fsp3) is 0.200. The van der Waals surface area contributed by atoms with E-state index in [0.717, 1.165) is 11.1 Å². The molecule has 138 valence electrons. The Morgan fingerprint density at radius 1 is 0.963 bits per heavy atom. The highest BCUT2D eigenvalue weighted by Gasteiger charge is 2.24. The maximum atomic E-state index is 11.3. The number of rotatable bonds is 7.